The molecule has 0 amide bonds. The van der Waals surface area contributed by atoms with Gasteiger partial charge >= 0.3 is 0 Å². The van der Waals surface area contributed by atoms with Crippen LogP contribution >= 0.6 is 0 Å². The average molecular weight is 250 g/mol. The lowest BCUT2D eigenvalue weighted by Gasteiger charge is -2.22. The second-order valence-corrected chi connectivity index (χ2v) is 4.66. The molecule has 0 aliphatic heterocycles. The van der Waals surface area contributed by atoms with Crippen LogP contribution in [0.3, 0.4) is 0 Å². The fourth-order valence-corrected chi connectivity index (χ4v) is 1.95. The SMILES string of the molecule is C=C(C(=O)c1c(C)cc(C)cc1C)C(C)(O)OO. The van der Waals surface area contributed by atoms with E-state index in [1.807, 2.05) is 32.9 Å². The molecule has 4 heteroatoms. The summed E-state index contributed by atoms with van der Waals surface area (Å²) in [4.78, 5) is 16.1. The molecule has 4 nitrogen and oxygen atoms in total. The van der Waals surface area contributed by atoms with Gasteiger partial charge in [-0.3, -0.25) is 4.79 Å². The zero-order chi connectivity index (χ0) is 14.1. The fraction of sp³-hybridized carbons (Fsp3) is 0.357. The van der Waals surface area contributed by atoms with Gasteiger partial charge in [0.1, 0.15) is 0 Å². The smallest absolute Gasteiger partial charge is 0.225 e. The first kappa shape index (κ1) is 14.6. The molecule has 1 aromatic carbocycles. The highest BCUT2D eigenvalue weighted by atomic mass is 17.1. The van der Waals surface area contributed by atoms with Gasteiger partial charge in [-0.05, 0) is 38.8 Å². The number of ketones is 1. The number of carbonyl (C=O) groups excluding carboxylic acids is 1. The maximum Gasteiger partial charge on any atom is 0.225 e. The third-order valence-electron chi connectivity index (χ3n) is 2.92. The molecule has 0 fully saturated rings. The molecule has 0 aliphatic rings. The number of benzene rings is 1. The molecule has 98 valence electrons. The minimum Gasteiger partial charge on any atom is -0.360 e. The van der Waals surface area contributed by atoms with Crippen molar-refractivity contribution in [2.75, 3.05) is 0 Å². The summed E-state index contributed by atoms with van der Waals surface area (Å²) >= 11 is 0. The Kier molecular flexibility index (Phi) is 4.06. The molecule has 0 aliphatic carbocycles. The summed E-state index contributed by atoms with van der Waals surface area (Å²) in [6, 6.07) is 3.75. The van der Waals surface area contributed by atoms with E-state index >= 15 is 0 Å². The number of carbonyl (C=O) groups is 1. The van der Waals surface area contributed by atoms with E-state index in [4.69, 9.17) is 5.26 Å². The second-order valence-electron chi connectivity index (χ2n) is 4.66. The van der Waals surface area contributed by atoms with E-state index in [1.54, 1.807) is 0 Å². The first-order valence-electron chi connectivity index (χ1n) is 5.57. The summed E-state index contributed by atoms with van der Waals surface area (Å²) in [6.45, 7) is 10.2. The van der Waals surface area contributed by atoms with Crippen molar-refractivity contribution in [3.05, 3.63) is 46.5 Å². The first-order valence-corrected chi connectivity index (χ1v) is 5.57. The fourth-order valence-electron chi connectivity index (χ4n) is 1.95. The van der Waals surface area contributed by atoms with Gasteiger partial charge < -0.3 is 5.11 Å². The highest BCUT2D eigenvalue weighted by molar-refractivity contribution is 6.11. The van der Waals surface area contributed by atoms with Crippen molar-refractivity contribution in [3.63, 3.8) is 0 Å². The molecule has 1 atom stereocenters. The molecule has 0 spiro atoms. The topological polar surface area (TPSA) is 66.8 Å². The van der Waals surface area contributed by atoms with Crippen molar-refractivity contribution in [1.29, 1.82) is 0 Å². The van der Waals surface area contributed by atoms with E-state index in [2.05, 4.69) is 11.5 Å². The van der Waals surface area contributed by atoms with Crippen molar-refractivity contribution >= 4 is 5.78 Å². The Hall–Kier alpha value is -1.49. The first-order chi connectivity index (χ1) is 8.20. The summed E-state index contributed by atoms with van der Waals surface area (Å²) < 4.78 is 0. The van der Waals surface area contributed by atoms with Crippen LogP contribution in [0.2, 0.25) is 0 Å². The van der Waals surface area contributed by atoms with E-state index < -0.39 is 11.6 Å². The van der Waals surface area contributed by atoms with Gasteiger partial charge in [0.2, 0.25) is 5.79 Å². The van der Waals surface area contributed by atoms with Gasteiger partial charge in [0, 0.05) is 5.56 Å². The summed E-state index contributed by atoms with van der Waals surface area (Å²) in [6.07, 6.45) is 0. The third-order valence-corrected chi connectivity index (χ3v) is 2.92. The van der Waals surface area contributed by atoms with Crippen molar-refractivity contribution in [1.82, 2.24) is 0 Å². The normalized spacial score (nSPS) is 14.1. The standard InChI is InChI=1S/C14H18O4/c1-8-6-9(2)12(10(3)7-8)13(15)11(4)14(5,16)18-17/h6-7,16-17H,4H2,1-3,5H3. The summed E-state index contributed by atoms with van der Waals surface area (Å²) in [5, 5.41) is 18.2. The van der Waals surface area contributed by atoms with E-state index in [-0.39, 0.29) is 5.57 Å². The Balaban J connectivity index is 3.25. The summed E-state index contributed by atoms with van der Waals surface area (Å²) in [5.41, 5.74) is 2.92. The average Bonchev–Trinajstić information content (AvgIpc) is 2.26. The van der Waals surface area contributed by atoms with E-state index in [1.165, 1.54) is 0 Å². The quantitative estimate of drug-likeness (QED) is 0.283. The van der Waals surface area contributed by atoms with Gasteiger partial charge in [-0.25, -0.2) is 5.26 Å². The molecule has 0 bridgehead atoms. The van der Waals surface area contributed by atoms with Crippen LogP contribution in [-0.2, 0) is 4.89 Å². The predicted molar refractivity (Wildman–Crippen MR) is 68.5 cm³/mol. The molecule has 18 heavy (non-hydrogen) atoms. The minimum absolute atomic E-state index is 0.208. The maximum absolute atomic E-state index is 12.3. The van der Waals surface area contributed by atoms with Crippen LogP contribution in [0, 0.1) is 20.8 Å². The highest BCUT2D eigenvalue weighted by Crippen LogP contribution is 2.24. The molecular weight excluding hydrogens is 232 g/mol. The zero-order valence-electron chi connectivity index (χ0n) is 11.1. The molecule has 0 radical (unpaired) electrons. The predicted octanol–water partition coefficient (Wildman–Crippen LogP) is 2.55. The van der Waals surface area contributed by atoms with Gasteiger partial charge in [-0.1, -0.05) is 24.3 Å². The van der Waals surface area contributed by atoms with Crippen molar-refractivity contribution in [3.8, 4) is 0 Å². The number of hydrogen-bond acceptors (Lipinski definition) is 4. The number of aryl methyl sites for hydroxylation is 3. The molecule has 2 N–H and O–H groups in total. The Morgan fingerprint density at radius 3 is 2.11 bits per heavy atom. The second kappa shape index (κ2) is 5.02. The Morgan fingerprint density at radius 1 is 1.28 bits per heavy atom. The lowest BCUT2D eigenvalue weighted by atomic mass is 9.91. The van der Waals surface area contributed by atoms with E-state index in [0.717, 1.165) is 23.6 Å². The monoisotopic (exact) mass is 250 g/mol. The largest absolute Gasteiger partial charge is 0.360 e. The molecule has 1 aromatic rings. The Labute approximate surface area is 106 Å². The van der Waals surface area contributed by atoms with Gasteiger partial charge in [0.15, 0.2) is 5.78 Å². The molecule has 0 saturated heterocycles. The number of aliphatic hydroxyl groups is 1. The molecule has 1 unspecified atom stereocenters. The number of Topliss-reactive ketones (excluding diaryl/α,β-unsaturated/α-hetero) is 1. The summed E-state index contributed by atoms with van der Waals surface area (Å²) in [5.74, 6) is -2.52. The molecule has 1 rings (SSSR count). The molecular formula is C14H18O4. The van der Waals surface area contributed by atoms with Crippen LogP contribution in [0.15, 0.2) is 24.3 Å². The van der Waals surface area contributed by atoms with Crippen LogP contribution in [0.5, 0.6) is 0 Å². The van der Waals surface area contributed by atoms with Gasteiger partial charge in [0.25, 0.3) is 0 Å². The lowest BCUT2D eigenvalue weighted by Crippen LogP contribution is -2.33. The molecule has 0 saturated carbocycles. The summed E-state index contributed by atoms with van der Waals surface area (Å²) in [7, 11) is 0. The minimum atomic E-state index is -2.08. The zero-order valence-corrected chi connectivity index (χ0v) is 11.1. The molecule has 0 aromatic heterocycles. The van der Waals surface area contributed by atoms with Gasteiger partial charge in [-0.15, -0.1) is 0 Å². The number of hydrogen-bond donors (Lipinski definition) is 2. The van der Waals surface area contributed by atoms with Crippen LogP contribution in [-0.4, -0.2) is 21.9 Å². The van der Waals surface area contributed by atoms with Crippen LogP contribution in [0.4, 0.5) is 0 Å². The lowest BCUT2D eigenvalue weighted by molar-refractivity contribution is -0.368. The van der Waals surface area contributed by atoms with Crippen LogP contribution in [0.25, 0.3) is 0 Å². The van der Waals surface area contributed by atoms with Crippen LogP contribution in [0.1, 0.15) is 34.0 Å². The van der Waals surface area contributed by atoms with Crippen molar-refractivity contribution in [2.45, 2.75) is 33.5 Å². The van der Waals surface area contributed by atoms with E-state index in [0.29, 0.717) is 5.56 Å². The van der Waals surface area contributed by atoms with Crippen molar-refractivity contribution in [2.24, 2.45) is 0 Å². The van der Waals surface area contributed by atoms with Gasteiger partial charge in [-0.2, -0.15) is 4.89 Å². The van der Waals surface area contributed by atoms with E-state index in [9.17, 15) is 9.90 Å². The maximum atomic E-state index is 12.3. The van der Waals surface area contributed by atoms with Crippen molar-refractivity contribution < 1.29 is 20.0 Å². The number of rotatable bonds is 4. The molecule has 0 heterocycles. The van der Waals surface area contributed by atoms with Gasteiger partial charge in [0.05, 0.1) is 5.57 Å². The third kappa shape index (κ3) is 2.67. The Bertz CT molecular complexity index is 478. The van der Waals surface area contributed by atoms with Crippen LogP contribution < -0.4 is 0 Å². The Morgan fingerprint density at radius 2 is 1.72 bits per heavy atom. The highest BCUT2D eigenvalue weighted by Gasteiger charge is 2.32.